The second-order valence-electron chi connectivity index (χ2n) is 7.29. The average molecular weight is 340 g/mol. The van der Waals surface area contributed by atoms with Crippen molar-refractivity contribution in [3.8, 4) is 5.75 Å². The van der Waals surface area contributed by atoms with Gasteiger partial charge in [0, 0.05) is 25.4 Å². The third-order valence-corrected chi connectivity index (χ3v) is 5.39. The highest BCUT2D eigenvalue weighted by Crippen LogP contribution is 2.40. The molecule has 0 amide bonds. The van der Waals surface area contributed by atoms with Crippen molar-refractivity contribution in [2.75, 3.05) is 19.6 Å². The zero-order valence-corrected chi connectivity index (χ0v) is 15.5. The molecule has 0 aliphatic carbocycles. The van der Waals surface area contributed by atoms with Crippen LogP contribution in [0.15, 0.2) is 24.3 Å². The van der Waals surface area contributed by atoms with Gasteiger partial charge in [-0.15, -0.1) is 12.4 Å². The van der Waals surface area contributed by atoms with Crippen LogP contribution in [0, 0.1) is 11.8 Å². The lowest BCUT2D eigenvalue weighted by Gasteiger charge is -2.45. The molecule has 4 heteroatoms. The summed E-state index contributed by atoms with van der Waals surface area (Å²) < 4.78 is 0. The van der Waals surface area contributed by atoms with Crippen LogP contribution in [0.1, 0.15) is 46.1 Å². The first-order valence-corrected chi connectivity index (χ1v) is 8.37. The zero-order valence-electron chi connectivity index (χ0n) is 14.7. The fourth-order valence-electron chi connectivity index (χ4n) is 3.37. The van der Waals surface area contributed by atoms with E-state index in [1.54, 1.807) is 6.07 Å². The van der Waals surface area contributed by atoms with Crippen LogP contribution in [0.3, 0.4) is 0 Å². The van der Waals surface area contributed by atoms with Crippen LogP contribution in [-0.2, 0) is 10.2 Å². The van der Waals surface area contributed by atoms with E-state index in [9.17, 15) is 9.90 Å². The lowest BCUT2D eigenvalue weighted by atomic mass is 9.68. The van der Waals surface area contributed by atoms with Crippen molar-refractivity contribution < 1.29 is 9.90 Å². The highest BCUT2D eigenvalue weighted by atomic mass is 35.5. The van der Waals surface area contributed by atoms with Gasteiger partial charge in [0.2, 0.25) is 0 Å². The van der Waals surface area contributed by atoms with Crippen molar-refractivity contribution in [1.29, 1.82) is 0 Å². The molecule has 0 saturated carbocycles. The second kappa shape index (κ2) is 8.16. The van der Waals surface area contributed by atoms with E-state index in [0.717, 1.165) is 26.1 Å². The third kappa shape index (κ3) is 4.71. The number of halogens is 1. The summed E-state index contributed by atoms with van der Waals surface area (Å²) in [5, 5.41) is 9.75. The predicted molar refractivity (Wildman–Crippen MR) is 97.4 cm³/mol. The van der Waals surface area contributed by atoms with Gasteiger partial charge in [0.25, 0.3) is 0 Å². The number of carbonyl (C=O) groups is 1. The minimum atomic E-state index is 0. The minimum Gasteiger partial charge on any atom is -0.508 e. The van der Waals surface area contributed by atoms with Crippen LogP contribution in [0.5, 0.6) is 5.75 Å². The number of phenolic OH excluding ortho intramolecular Hbond substituents is 1. The number of hydrogen-bond acceptors (Lipinski definition) is 3. The fourth-order valence-corrected chi connectivity index (χ4v) is 3.37. The van der Waals surface area contributed by atoms with Gasteiger partial charge < -0.3 is 10.0 Å². The van der Waals surface area contributed by atoms with Gasteiger partial charge in [-0.25, -0.2) is 0 Å². The SMILES string of the molecule is CC(C)C(=O)CCN1CC[C@](C)(c2cccc(O)c2)[C@@H](C)C1.Cl. The number of nitrogens with zero attached hydrogens (tertiary/aromatic N) is 1. The normalized spacial score (nSPS) is 25.2. The smallest absolute Gasteiger partial charge is 0.136 e. The van der Waals surface area contributed by atoms with E-state index in [1.165, 1.54) is 5.56 Å². The van der Waals surface area contributed by atoms with Crippen molar-refractivity contribution in [1.82, 2.24) is 4.90 Å². The topological polar surface area (TPSA) is 40.5 Å². The molecule has 1 aliphatic heterocycles. The maximum atomic E-state index is 11.8. The largest absolute Gasteiger partial charge is 0.508 e. The van der Waals surface area contributed by atoms with Crippen LogP contribution in [0.2, 0.25) is 0 Å². The Labute approximate surface area is 146 Å². The van der Waals surface area contributed by atoms with Gasteiger partial charge in [0.1, 0.15) is 11.5 Å². The lowest BCUT2D eigenvalue weighted by Crippen LogP contribution is -2.47. The molecule has 1 fully saturated rings. The molecule has 1 aliphatic rings. The molecule has 130 valence electrons. The first-order chi connectivity index (χ1) is 10.3. The molecule has 0 aromatic heterocycles. The maximum Gasteiger partial charge on any atom is 0.136 e. The zero-order chi connectivity index (χ0) is 16.3. The standard InChI is InChI=1S/C19H29NO2.ClH/c1-14(2)18(22)8-10-20-11-9-19(4,15(3)13-20)16-6-5-7-17(21)12-16;/h5-7,12,14-15,21H,8-11,13H2,1-4H3;1H/t15-,19-;/m0./s1. The molecule has 1 N–H and O–H groups in total. The first-order valence-electron chi connectivity index (χ1n) is 8.37. The fraction of sp³-hybridized carbons (Fsp3) is 0.632. The van der Waals surface area contributed by atoms with Crippen molar-refractivity contribution in [3.63, 3.8) is 0 Å². The first kappa shape index (κ1) is 20.0. The molecule has 0 unspecified atom stereocenters. The van der Waals surface area contributed by atoms with Gasteiger partial charge in [-0.2, -0.15) is 0 Å². The van der Waals surface area contributed by atoms with Crippen molar-refractivity contribution in [3.05, 3.63) is 29.8 Å². The number of phenols is 1. The number of Topliss-reactive ketones (excluding diaryl/α,β-unsaturated/α-hetero) is 1. The molecule has 3 nitrogen and oxygen atoms in total. The minimum absolute atomic E-state index is 0. The molecule has 1 heterocycles. The molecule has 2 rings (SSSR count). The number of hydrogen-bond donors (Lipinski definition) is 1. The monoisotopic (exact) mass is 339 g/mol. The Morgan fingerprint density at radius 1 is 1.43 bits per heavy atom. The van der Waals surface area contributed by atoms with Crippen molar-refractivity contribution in [2.24, 2.45) is 11.8 Å². The molecule has 2 atom stereocenters. The molecular formula is C19H30ClNO2. The van der Waals surface area contributed by atoms with Gasteiger partial charge in [-0.3, -0.25) is 4.79 Å². The van der Waals surface area contributed by atoms with E-state index in [-0.39, 0.29) is 23.7 Å². The van der Waals surface area contributed by atoms with Crippen LogP contribution in [-0.4, -0.2) is 35.4 Å². The van der Waals surface area contributed by atoms with Crippen LogP contribution < -0.4 is 0 Å². The van der Waals surface area contributed by atoms with E-state index < -0.39 is 0 Å². The van der Waals surface area contributed by atoms with E-state index in [0.29, 0.717) is 23.9 Å². The lowest BCUT2D eigenvalue weighted by molar-refractivity contribution is -0.122. The molecule has 1 aromatic rings. The van der Waals surface area contributed by atoms with E-state index in [2.05, 4.69) is 24.8 Å². The van der Waals surface area contributed by atoms with E-state index in [1.807, 2.05) is 26.0 Å². The highest BCUT2D eigenvalue weighted by molar-refractivity contribution is 5.85. The third-order valence-electron chi connectivity index (χ3n) is 5.39. The molecule has 0 spiro atoms. The molecule has 0 radical (unpaired) electrons. The summed E-state index contributed by atoms with van der Waals surface area (Å²) in [4.78, 5) is 14.2. The van der Waals surface area contributed by atoms with Crippen molar-refractivity contribution >= 4 is 18.2 Å². The summed E-state index contributed by atoms with van der Waals surface area (Å²) in [6.07, 6.45) is 1.72. The molecular weight excluding hydrogens is 310 g/mol. The maximum absolute atomic E-state index is 11.8. The van der Waals surface area contributed by atoms with Gasteiger partial charge in [-0.05, 0) is 42.0 Å². The number of ketones is 1. The Balaban J connectivity index is 0.00000264. The van der Waals surface area contributed by atoms with Crippen LogP contribution in [0.25, 0.3) is 0 Å². The van der Waals surface area contributed by atoms with Gasteiger partial charge in [0.15, 0.2) is 0 Å². The van der Waals surface area contributed by atoms with Crippen molar-refractivity contribution in [2.45, 2.75) is 46.0 Å². The summed E-state index contributed by atoms with van der Waals surface area (Å²) in [5.74, 6) is 1.34. The molecule has 1 saturated heterocycles. The summed E-state index contributed by atoms with van der Waals surface area (Å²) in [6.45, 7) is 11.4. The quantitative estimate of drug-likeness (QED) is 0.880. The second-order valence-corrected chi connectivity index (χ2v) is 7.29. The molecule has 23 heavy (non-hydrogen) atoms. The average Bonchev–Trinajstić information content (AvgIpc) is 2.48. The summed E-state index contributed by atoms with van der Waals surface area (Å²) in [6, 6.07) is 7.67. The number of aromatic hydroxyl groups is 1. The highest BCUT2D eigenvalue weighted by Gasteiger charge is 2.38. The Morgan fingerprint density at radius 3 is 2.70 bits per heavy atom. The number of rotatable bonds is 5. The molecule has 0 bridgehead atoms. The number of likely N-dealkylation sites (tertiary alicyclic amines) is 1. The van der Waals surface area contributed by atoms with Crippen LogP contribution >= 0.6 is 12.4 Å². The van der Waals surface area contributed by atoms with Gasteiger partial charge in [0.05, 0.1) is 0 Å². The Hall–Kier alpha value is -1.06. The Kier molecular flexibility index (Phi) is 7.09. The van der Waals surface area contributed by atoms with E-state index in [4.69, 9.17) is 0 Å². The Bertz CT molecular complexity index is 532. The number of piperidine rings is 1. The number of benzene rings is 1. The molecule has 1 aromatic carbocycles. The predicted octanol–water partition coefficient (Wildman–Crippen LogP) is 4.03. The Morgan fingerprint density at radius 2 is 2.13 bits per heavy atom. The summed E-state index contributed by atoms with van der Waals surface area (Å²) >= 11 is 0. The van der Waals surface area contributed by atoms with Crippen LogP contribution in [0.4, 0.5) is 0 Å². The summed E-state index contributed by atoms with van der Waals surface area (Å²) in [7, 11) is 0. The van der Waals surface area contributed by atoms with Gasteiger partial charge >= 0.3 is 0 Å². The van der Waals surface area contributed by atoms with E-state index >= 15 is 0 Å². The summed E-state index contributed by atoms with van der Waals surface area (Å²) in [5.41, 5.74) is 1.31. The van der Waals surface area contributed by atoms with Gasteiger partial charge in [-0.1, -0.05) is 39.8 Å². The number of carbonyl (C=O) groups excluding carboxylic acids is 1.